The van der Waals surface area contributed by atoms with E-state index in [2.05, 4.69) is 4.74 Å². The molecule has 1 aromatic rings. The van der Waals surface area contributed by atoms with E-state index in [4.69, 9.17) is 19.3 Å². The molecule has 38 heavy (non-hydrogen) atoms. The van der Waals surface area contributed by atoms with Gasteiger partial charge in [-0.05, 0) is 12.1 Å². The zero-order chi connectivity index (χ0) is 27.7. The number of phenols is 2. The summed E-state index contributed by atoms with van der Waals surface area (Å²) in [5, 5.41) is 79.6. The fourth-order valence-corrected chi connectivity index (χ4v) is 4.06. The zero-order valence-corrected chi connectivity index (χ0v) is 19.4. The molecule has 1 unspecified atom stereocenters. The first-order chi connectivity index (χ1) is 18.0. The van der Waals surface area contributed by atoms with Crippen LogP contribution in [0.15, 0.2) is 59.3 Å². The molecule has 0 bridgehead atoms. The summed E-state index contributed by atoms with van der Waals surface area (Å²) in [7, 11) is 0. The second kappa shape index (κ2) is 10.6. The predicted octanol–water partition coefficient (Wildman–Crippen LogP) is -0.658. The van der Waals surface area contributed by atoms with Gasteiger partial charge in [0.25, 0.3) is 0 Å². The summed E-state index contributed by atoms with van der Waals surface area (Å²) in [6.07, 6.45) is -6.74. The molecule has 1 aliphatic carbocycles. The van der Waals surface area contributed by atoms with Gasteiger partial charge in [0, 0.05) is 18.2 Å². The van der Waals surface area contributed by atoms with E-state index in [-0.39, 0.29) is 34.2 Å². The number of carboxylic acids is 1. The molecule has 0 spiro atoms. The van der Waals surface area contributed by atoms with E-state index >= 15 is 0 Å². The van der Waals surface area contributed by atoms with E-state index in [1.807, 2.05) is 0 Å². The number of aromatic hydroxyl groups is 2. The first-order valence-corrected chi connectivity index (χ1v) is 11.2. The van der Waals surface area contributed by atoms with Crippen LogP contribution >= 0.6 is 0 Å². The number of carbonyl (C=O) groups is 2. The Bertz CT molecular complexity index is 1240. The van der Waals surface area contributed by atoms with Crippen LogP contribution in [-0.2, 0) is 23.8 Å². The highest BCUT2D eigenvalue weighted by Crippen LogP contribution is 2.38. The van der Waals surface area contributed by atoms with E-state index in [0.29, 0.717) is 0 Å². The third-order valence-electron chi connectivity index (χ3n) is 5.89. The van der Waals surface area contributed by atoms with Crippen LogP contribution in [0.2, 0.25) is 0 Å². The van der Waals surface area contributed by atoms with E-state index in [9.17, 15) is 45.3 Å². The maximum Gasteiger partial charge on any atom is 0.317 e. The van der Waals surface area contributed by atoms with Crippen LogP contribution in [-0.4, -0.2) is 101 Å². The Kier molecular flexibility index (Phi) is 7.50. The van der Waals surface area contributed by atoms with Crippen LogP contribution < -0.4 is 0 Å². The monoisotopic (exact) mass is 537 g/mol. The number of rotatable bonds is 7. The number of phenolic OH excluding ortho intramolecular Hbond substituents is 2. The molecule has 0 saturated carbocycles. The van der Waals surface area contributed by atoms with Crippen molar-refractivity contribution in [2.24, 2.45) is 0 Å². The number of ether oxygens (including phenoxy) is 4. The fraction of sp³-hybridized carbons (Fsp3) is 0.333. The van der Waals surface area contributed by atoms with Crippen LogP contribution in [0.25, 0.3) is 5.76 Å². The van der Waals surface area contributed by atoms with Gasteiger partial charge in [0.15, 0.2) is 23.7 Å². The molecular weight excluding hydrogens is 512 g/mol. The SMILES string of the molecule is O=C(O)CC(=O)O[C@@H]1[C@@H](O)[C@H](OC2=C(c3ccc(O)c(O)c3)[OH+]C3C=C(O)C=C(O)C3=C2)O[C@H](CO)[C@H]1O. The molecule has 2 heterocycles. The molecule has 0 amide bonds. The largest absolute Gasteiger partial charge is 0.571 e. The van der Waals surface area contributed by atoms with Gasteiger partial charge in [-0.1, -0.05) is 0 Å². The van der Waals surface area contributed by atoms with Crippen molar-refractivity contribution in [2.75, 3.05) is 6.61 Å². The lowest BCUT2D eigenvalue weighted by molar-refractivity contribution is -0.293. The predicted molar refractivity (Wildman–Crippen MR) is 123 cm³/mol. The smallest absolute Gasteiger partial charge is 0.317 e. The van der Waals surface area contributed by atoms with Crippen LogP contribution in [0.5, 0.6) is 11.5 Å². The molecule has 1 aromatic carbocycles. The van der Waals surface area contributed by atoms with Gasteiger partial charge in [-0.2, -0.15) is 0 Å². The number of carbonyl (C=O) groups excluding carboxylic acids is 1. The normalized spacial score (nSPS) is 28.8. The van der Waals surface area contributed by atoms with Crippen molar-refractivity contribution in [3.63, 3.8) is 0 Å². The van der Waals surface area contributed by atoms with Crippen molar-refractivity contribution in [1.82, 2.24) is 0 Å². The molecular formula is C24H25O14+. The maximum absolute atomic E-state index is 11.9. The molecule has 4 rings (SSSR count). The van der Waals surface area contributed by atoms with Crippen LogP contribution in [0.1, 0.15) is 12.0 Å². The highest BCUT2D eigenvalue weighted by molar-refractivity contribution is 5.90. The minimum atomic E-state index is -1.89. The summed E-state index contributed by atoms with van der Waals surface area (Å²) in [6, 6.07) is 3.72. The molecule has 204 valence electrons. The first kappa shape index (κ1) is 26.8. The standard InChI is InChI=1S/C24H24O14/c25-8-17-20(33)23(38-19(32)7-18(30)31)21(34)24(37-17)36-16-6-11-13(28)4-10(26)5-15(11)35-22(16)9-1-2-12(27)14(29)3-9/h1-6,15,17,20-21,23-29,33-34H,7-8H2,(H,30,31)/p+1/t15?,17-,20-,21-,23+,24-/m1/s1. The Morgan fingerprint density at radius 1 is 1.03 bits per heavy atom. The number of esters is 1. The molecule has 3 aliphatic rings. The van der Waals surface area contributed by atoms with Gasteiger partial charge < -0.3 is 59.8 Å². The van der Waals surface area contributed by atoms with E-state index in [0.717, 1.165) is 12.1 Å². The number of fused-ring (bicyclic) bond motifs is 1. The van der Waals surface area contributed by atoms with Crippen molar-refractivity contribution in [3.05, 3.63) is 64.8 Å². The van der Waals surface area contributed by atoms with Crippen LogP contribution in [0.3, 0.4) is 0 Å². The highest BCUT2D eigenvalue weighted by atomic mass is 16.7. The number of aliphatic hydroxyl groups excluding tert-OH is 5. The molecule has 1 fully saturated rings. The van der Waals surface area contributed by atoms with Gasteiger partial charge in [-0.25, -0.2) is 0 Å². The van der Waals surface area contributed by atoms with Crippen molar-refractivity contribution >= 4 is 17.7 Å². The minimum absolute atomic E-state index is 0.0229. The number of allylic oxidation sites excluding steroid dienone is 2. The van der Waals surface area contributed by atoms with Crippen LogP contribution in [0, 0.1) is 0 Å². The lowest BCUT2D eigenvalue weighted by Crippen LogP contribution is -2.60. The van der Waals surface area contributed by atoms with Crippen LogP contribution in [0.4, 0.5) is 0 Å². The van der Waals surface area contributed by atoms with E-state index < -0.39 is 73.3 Å². The summed E-state index contributed by atoms with van der Waals surface area (Å²) in [5.41, 5.74) is 0.388. The summed E-state index contributed by atoms with van der Waals surface area (Å²) >= 11 is 0. The van der Waals surface area contributed by atoms with Crippen molar-refractivity contribution in [1.29, 1.82) is 0 Å². The maximum atomic E-state index is 11.9. The average molecular weight is 537 g/mol. The summed E-state index contributed by atoms with van der Waals surface area (Å²) in [5.74, 6) is -4.42. The lowest BCUT2D eigenvalue weighted by Gasteiger charge is -2.41. The van der Waals surface area contributed by atoms with Gasteiger partial charge in [0.2, 0.25) is 18.2 Å². The Morgan fingerprint density at radius 2 is 1.76 bits per heavy atom. The third kappa shape index (κ3) is 5.38. The van der Waals surface area contributed by atoms with Gasteiger partial charge in [-0.15, -0.1) is 0 Å². The second-order valence-electron chi connectivity index (χ2n) is 8.56. The lowest BCUT2D eigenvalue weighted by atomic mass is 9.96. The highest BCUT2D eigenvalue weighted by Gasteiger charge is 2.49. The number of hydrogen-bond donors (Lipinski definition) is 8. The number of hydrogen-bond acceptors (Lipinski definition) is 12. The van der Waals surface area contributed by atoms with Gasteiger partial charge in [0.1, 0.15) is 30.1 Å². The minimum Gasteiger partial charge on any atom is -0.571 e. The molecule has 0 aromatic heterocycles. The molecule has 6 atom stereocenters. The van der Waals surface area contributed by atoms with Crippen molar-refractivity contribution in [2.45, 2.75) is 43.2 Å². The molecule has 2 aliphatic heterocycles. The second-order valence-corrected chi connectivity index (χ2v) is 8.56. The van der Waals surface area contributed by atoms with Gasteiger partial charge in [0.05, 0.1) is 23.8 Å². The Labute approximate surface area is 213 Å². The van der Waals surface area contributed by atoms with Gasteiger partial charge >= 0.3 is 17.7 Å². The topological polar surface area (TPSA) is 236 Å². The summed E-state index contributed by atoms with van der Waals surface area (Å²) in [6.45, 7) is -0.792. The number of aliphatic hydroxyl groups is 7. The average Bonchev–Trinajstić information content (AvgIpc) is 2.84. The molecule has 14 heteroatoms. The molecule has 9 N–H and O–H groups in total. The summed E-state index contributed by atoms with van der Waals surface area (Å²) < 4.78 is 20.7. The summed E-state index contributed by atoms with van der Waals surface area (Å²) in [4.78, 5) is 22.7. The van der Waals surface area contributed by atoms with Crippen molar-refractivity contribution < 1.29 is 69.4 Å². The van der Waals surface area contributed by atoms with E-state index in [1.54, 1.807) is 0 Å². The Morgan fingerprint density at radius 3 is 2.42 bits per heavy atom. The van der Waals surface area contributed by atoms with E-state index in [1.165, 1.54) is 24.3 Å². The number of benzene rings is 1. The molecule has 14 nitrogen and oxygen atoms in total. The quantitative estimate of drug-likeness (QED) is 0.0934. The number of aliphatic carboxylic acids is 1. The van der Waals surface area contributed by atoms with Crippen molar-refractivity contribution in [3.8, 4) is 11.5 Å². The Balaban J connectivity index is 1.71. The number of carboxylic acid groups (broad SMARTS) is 1. The molecule has 0 radical (unpaired) electrons. The molecule has 1 saturated heterocycles. The Hall–Kier alpha value is -4.24. The van der Waals surface area contributed by atoms with Gasteiger partial charge in [-0.3, -0.25) is 9.59 Å². The fourth-order valence-electron chi connectivity index (χ4n) is 4.06. The third-order valence-corrected chi connectivity index (χ3v) is 5.89. The first-order valence-electron chi connectivity index (χ1n) is 11.2. The zero-order valence-electron chi connectivity index (χ0n) is 19.4.